The standard InChI is InChI=1S/C11H16ClN5O2/c1-15(2)11(19)17-5-3-16(4-6-17)8-7-13-14-10(18)9(8)12/h7H,3-6H2,1-2H3,(H,14,18). The molecule has 1 aliphatic heterocycles. The third-order valence-corrected chi connectivity index (χ3v) is 3.42. The average Bonchev–Trinajstić information content (AvgIpc) is 2.41. The zero-order valence-electron chi connectivity index (χ0n) is 10.9. The average molecular weight is 286 g/mol. The number of rotatable bonds is 1. The largest absolute Gasteiger partial charge is 0.365 e. The van der Waals surface area contributed by atoms with E-state index in [9.17, 15) is 9.59 Å². The Labute approximate surface area is 115 Å². The molecular formula is C11H16ClN5O2. The van der Waals surface area contributed by atoms with E-state index in [1.807, 2.05) is 4.90 Å². The fraction of sp³-hybridized carbons (Fsp3) is 0.545. The fourth-order valence-electron chi connectivity index (χ4n) is 2.02. The highest BCUT2D eigenvalue weighted by molar-refractivity contribution is 6.33. The van der Waals surface area contributed by atoms with Gasteiger partial charge in [-0.25, -0.2) is 9.89 Å². The molecule has 1 aromatic rings. The highest BCUT2D eigenvalue weighted by Gasteiger charge is 2.24. The van der Waals surface area contributed by atoms with Crippen molar-refractivity contribution < 1.29 is 4.79 Å². The van der Waals surface area contributed by atoms with Gasteiger partial charge in [0, 0.05) is 40.3 Å². The van der Waals surface area contributed by atoms with Crippen LogP contribution in [-0.2, 0) is 0 Å². The minimum atomic E-state index is -0.397. The molecule has 0 unspecified atom stereocenters. The summed E-state index contributed by atoms with van der Waals surface area (Å²) < 4.78 is 0. The number of anilines is 1. The fourth-order valence-corrected chi connectivity index (χ4v) is 2.23. The second-order valence-electron chi connectivity index (χ2n) is 4.55. The monoisotopic (exact) mass is 285 g/mol. The summed E-state index contributed by atoms with van der Waals surface area (Å²) in [6.45, 7) is 2.45. The number of hydrogen-bond acceptors (Lipinski definition) is 4. The molecule has 0 aromatic carbocycles. The maximum atomic E-state index is 11.8. The van der Waals surface area contributed by atoms with Crippen LogP contribution in [0.2, 0.25) is 5.02 Å². The van der Waals surface area contributed by atoms with Crippen molar-refractivity contribution in [2.45, 2.75) is 0 Å². The molecule has 2 rings (SSSR count). The van der Waals surface area contributed by atoms with Gasteiger partial charge in [-0.2, -0.15) is 5.10 Å². The van der Waals surface area contributed by atoms with Crippen molar-refractivity contribution in [1.82, 2.24) is 20.0 Å². The number of H-pyrrole nitrogens is 1. The minimum absolute atomic E-state index is 0.00483. The number of urea groups is 1. The minimum Gasteiger partial charge on any atom is -0.365 e. The molecule has 1 N–H and O–H groups in total. The van der Waals surface area contributed by atoms with E-state index >= 15 is 0 Å². The molecule has 1 aliphatic rings. The van der Waals surface area contributed by atoms with Crippen molar-refractivity contribution in [3.63, 3.8) is 0 Å². The second kappa shape index (κ2) is 5.48. The van der Waals surface area contributed by atoms with Crippen LogP contribution in [0, 0.1) is 0 Å². The molecule has 1 aromatic heterocycles. The molecule has 0 radical (unpaired) electrons. The van der Waals surface area contributed by atoms with Crippen LogP contribution < -0.4 is 10.5 Å². The quantitative estimate of drug-likeness (QED) is 0.801. The van der Waals surface area contributed by atoms with Crippen molar-refractivity contribution in [3.8, 4) is 0 Å². The Balaban J connectivity index is 2.06. The summed E-state index contributed by atoms with van der Waals surface area (Å²) in [6, 6.07) is -0.00483. The van der Waals surface area contributed by atoms with E-state index in [4.69, 9.17) is 11.6 Å². The third kappa shape index (κ3) is 2.81. The van der Waals surface area contributed by atoms with Gasteiger partial charge in [-0.1, -0.05) is 11.6 Å². The Kier molecular flexibility index (Phi) is 3.94. The Hall–Kier alpha value is -1.76. The predicted octanol–water partition coefficient (Wildman–Crippen LogP) is 0.227. The van der Waals surface area contributed by atoms with Crippen LogP contribution in [0.4, 0.5) is 10.5 Å². The summed E-state index contributed by atoms with van der Waals surface area (Å²) in [5, 5.41) is 6.18. The molecule has 0 spiro atoms. The van der Waals surface area contributed by atoms with E-state index in [0.29, 0.717) is 31.9 Å². The first-order valence-corrected chi connectivity index (χ1v) is 6.33. The van der Waals surface area contributed by atoms with E-state index in [1.165, 1.54) is 6.20 Å². The number of carbonyl (C=O) groups excluding carboxylic acids is 1. The van der Waals surface area contributed by atoms with Crippen LogP contribution in [0.3, 0.4) is 0 Å². The molecular weight excluding hydrogens is 270 g/mol. The number of aromatic amines is 1. The summed E-state index contributed by atoms with van der Waals surface area (Å²) in [5.74, 6) is 0. The van der Waals surface area contributed by atoms with Gasteiger partial charge in [0.1, 0.15) is 5.02 Å². The zero-order valence-corrected chi connectivity index (χ0v) is 11.6. The summed E-state index contributed by atoms with van der Waals surface area (Å²) in [7, 11) is 3.46. The van der Waals surface area contributed by atoms with Crippen molar-refractivity contribution in [3.05, 3.63) is 21.6 Å². The molecule has 0 saturated carbocycles. The number of nitrogens with one attached hydrogen (secondary N) is 1. The highest BCUT2D eigenvalue weighted by Crippen LogP contribution is 2.21. The third-order valence-electron chi connectivity index (χ3n) is 3.05. The van der Waals surface area contributed by atoms with Crippen molar-refractivity contribution in [1.29, 1.82) is 0 Å². The number of carbonyl (C=O) groups is 1. The Morgan fingerprint density at radius 3 is 2.58 bits per heavy atom. The van der Waals surface area contributed by atoms with Crippen molar-refractivity contribution in [2.75, 3.05) is 45.2 Å². The van der Waals surface area contributed by atoms with Crippen LogP contribution in [0.5, 0.6) is 0 Å². The lowest BCUT2D eigenvalue weighted by Crippen LogP contribution is -2.51. The summed E-state index contributed by atoms with van der Waals surface area (Å²) in [4.78, 5) is 28.5. The lowest BCUT2D eigenvalue weighted by Gasteiger charge is -2.37. The maximum Gasteiger partial charge on any atom is 0.319 e. The number of aromatic nitrogens is 2. The molecule has 1 saturated heterocycles. The van der Waals surface area contributed by atoms with Crippen LogP contribution in [0.25, 0.3) is 0 Å². The number of halogens is 1. The predicted molar refractivity (Wildman–Crippen MR) is 72.7 cm³/mol. The van der Waals surface area contributed by atoms with E-state index in [-0.39, 0.29) is 11.1 Å². The van der Waals surface area contributed by atoms with E-state index in [2.05, 4.69) is 10.2 Å². The second-order valence-corrected chi connectivity index (χ2v) is 4.93. The number of nitrogens with zero attached hydrogens (tertiary/aromatic N) is 4. The maximum absolute atomic E-state index is 11.8. The zero-order chi connectivity index (χ0) is 14.0. The number of hydrogen-bond donors (Lipinski definition) is 1. The summed E-state index contributed by atoms with van der Waals surface area (Å²) in [5.41, 5.74) is 0.216. The normalized spacial score (nSPS) is 15.5. The lowest BCUT2D eigenvalue weighted by molar-refractivity contribution is 0.168. The van der Waals surface area contributed by atoms with E-state index in [1.54, 1.807) is 23.9 Å². The Bertz CT molecular complexity index is 522. The van der Waals surface area contributed by atoms with Crippen LogP contribution in [0.15, 0.2) is 11.0 Å². The van der Waals surface area contributed by atoms with Crippen LogP contribution >= 0.6 is 11.6 Å². The first-order chi connectivity index (χ1) is 9.00. The number of amides is 2. The highest BCUT2D eigenvalue weighted by atomic mass is 35.5. The van der Waals surface area contributed by atoms with Crippen LogP contribution in [0.1, 0.15) is 0 Å². The van der Waals surface area contributed by atoms with Gasteiger partial charge in [0.15, 0.2) is 0 Å². The van der Waals surface area contributed by atoms with Gasteiger partial charge in [-0.15, -0.1) is 0 Å². The van der Waals surface area contributed by atoms with Gasteiger partial charge < -0.3 is 14.7 Å². The van der Waals surface area contributed by atoms with Gasteiger partial charge >= 0.3 is 6.03 Å². The van der Waals surface area contributed by atoms with Gasteiger partial charge in [-0.3, -0.25) is 4.79 Å². The van der Waals surface area contributed by atoms with Crippen molar-refractivity contribution in [2.24, 2.45) is 0 Å². The summed E-state index contributed by atoms with van der Waals surface area (Å²) >= 11 is 5.96. The first-order valence-electron chi connectivity index (χ1n) is 5.95. The van der Waals surface area contributed by atoms with Crippen LogP contribution in [-0.4, -0.2) is 66.3 Å². The molecule has 2 heterocycles. The molecule has 104 valence electrons. The number of piperazine rings is 1. The summed E-state index contributed by atoms with van der Waals surface area (Å²) in [6.07, 6.45) is 1.53. The molecule has 0 atom stereocenters. The first kappa shape index (κ1) is 13.7. The Morgan fingerprint density at radius 2 is 2.00 bits per heavy atom. The molecule has 8 heteroatoms. The molecule has 0 bridgehead atoms. The molecule has 19 heavy (non-hydrogen) atoms. The molecule has 7 nitrogen and oxygen atoms in total. The lowest BCUT2D eigenvalue weighted by atomic mass is 10.3. The van der Waals surface area contributed by atoms with Gasteiger partial charge in [0.05, 0.1) is 11.9 Å². The SMILES string of the molecule is CN(C)C(=O)N1CCN(c2cn[nH]c(=O)c2Cl)CC1. The van der Waals surface area contributed by atoms with Gasteiger partial charge in [0.25, 0.3) is 5.56 Å². The Morgan fingerprint density at radius 1 is 1.37 bits per heavy atom. The smallest absolute Gasteiger partial charge is 0.319 e. The van der Waals surface area contributed by atoms with Gasteiger partial charge in [-0.05, 0) is 0 Å². The van der Waals surface area contributed by atoms with Crippen molar-refractivity contribution >= 4 is 23.3 Å². The molecule has 0 aliphatic carbocycles. The topological polar surface area (TPSA) is 72.5 Å². The molecule has 1 fully saturated rings. The van der Waals surface area contributed by atoms with E-state index < -0.39 is 5.56 Å². The van der Waals surface area contributed by atoms with Gasteiger partial charge in [0.2, 0.25) is 0 Å². The van der Waals surface area contributed by atoms with E-state index in [0.717, 1.165) is 0 Å². The molecule has 2 amide bonds.